The number of likely N-dealkylation sites (tertiary alicyclic amines) is 1. The third-order valence-electron chi connectivity index (χ3n) is 3.51. The molecule has 21 heavy (non-hydrogen) atoms. The summed E-state index contributed by atoms with van der Waals surface area (Å²) in [5.41, 5.74) is 1.73. The SMILES string of the molecule is O=C(c1ccsc1)N1CC(c2nc(-c3ccsc3)no2)C1. The van der Waals surface area contributed by atoms with Crippen molar-refractivity contribution in [3.63, 3.8) is 0 Å². The van der Waals surface area contributed by atoms with E-state index in [1.165, 1.54) is 11.3 Å². The van der Waals surface area contributed by atoms with Crippen molar-refractivity contribution in [2.24, 2.45) is 0 Å². The van der Waals surface area contributed by atoms with Gasteiger partial charge in [0.15, 0.2) is 0 Å². The van der Waals surface area contributed by atoms with Crippen molar-refractivity contribution in [3.8, 4) is 11.4 Å². The van der Waals surface area contributed by atoms with Gasteiger partial charge in [0.1, 0.15) is 0 Å². The minimum absolute atomic E-state index is 0.0741. The molecule has 1 amide bonds. The zero-order chi connectivity index (χ0) is 14.2. The summed E-state index contributed by atoms with van der Waals surface area (Å²) in [6, 6.07) is 3.81. The minimum atomic E-state index is 0.0741. The van der Waals surface area contributed by atoms with Crippen LogP contribution in [0.1, 0.15) is 22.2 Å². The fourth-order valence-corrected chi connectivity index (χ4v) is 3.54. The highest BCUT2D eigenvalue weighted by Crippen LogP contribution is 2.29. The molecule has 4 heterocycles. The second-order valence-electron chi connectivity index (χ2n) is 4.89. The lowest BCUT2D eigenvalue weighted by Crippen LogP contribution is -2.48. The highest BCUT2D eigenvalue weighted by molar-refractivity contribution is 7.08. The van der Waals surface area contributed by atoms with Crippen molar-refractivity contribution >= 4 is 28.6 Å². The monoisotopic (exact) mass is 317 g/mol. The summed E-state index contributed by atoms with van der Waals surface area (Å²) in [4.78, 5) is 18.4. The van der Waals surface area contributed by atoms with Crippen molar-refractivity contribution in [2.45, 2.75) is 5.92 Å². The topological polar surface area (TPSA) is 59.2 Å². The second kappa shape index (κ2) is 5.09. The molecule has 5 nitrogen and oxygen atoms in total. The Bertz CT molecular complexity index is 743. The van der Waals surface area contributed by atoms with E-state index in [1.807, 2.05) is 33.7 Å². The number of rotatable bonds is 3. The number of thiophene rings is 2. The third-order valence-corrected chi connectivity index (χ3v) is 4.87. The first-order valence-electron chi connectivity index (χ1n) is 6.49. The lowest BCUT2D eigenvalue weighted by molar-refractivity contribution is 0.0570. The summed E-state index contributed by atoms with van der Waals surface area (Å²) in [5.74, 6) is 1.46. The van der Waals surface area contributed by atoms with Gasteiger partial charge in [0.25, 0.3) is 5.91 Å². The summed E-state index contributed by atoms with van der Waals surface area (Å²) >= 11 is 3.13. The van der Waals surface area contributed by atoms with Crippen LogP contribution in [-0.4, -0.2) is 34.0 Å². The van der Waals surface area contributed by atoms with Gasteiger partial charge in [-0.3, -0.25) is 4.79 Å². The van der Waals surface area contributed by atoms with Gasteiger partial charge in [-0.15, -0.1) is 0 Å². The van der Waals surface area contributed by atoms with Gasteiger partial charge in [-0.2, -0.15) is 27.7 Å². The van der Waals surface area contributed by atoms with E-state index in [2.05, 4.69) is 10.1 Å². The molecule has 1 aliphatic heterocycles. The number of nitrogens with zero attached hydrogens (tertiary/aromatic N) is 3. The highest BCUT2D eigenvalue weighted by Gasteiger charge is 2.36. The fourth-order valence-electron chi connectivity index (χ4n) is 2.28. The Balaban J connectivity index is 1.43. The lowest BCUT2D eigenvalue weighted by atomic mass is 9.99. The summed E-state index contributed by atoms with van der Waals surface area (Å²) in [6.07, 6.45) is 0. The van der Waals surface area contributed by atoms with E-state index >= 15 is 0 Å². The van der Waals surface area contributed by atoms with Crippen LogP contribution in [0.15, 0.2) is 38.2 Å². The van der Waals surface area contributed by atoms with Crippen molar-refractivity contribution in [1.29, 1.82) is 0 Å². The third kappa shape index (κ3) is 2.28. The maximum Gasteiger partial charge on any atom is 0.254 e. The first kappa shape index (κ1) is 12.7. The van der Waals surface area contributed by atoms with Crippen LogP contribution in [0.5, 0.6) is 0 Å². The molecule has 0 unspecified atom stereocenters. The predicted molar refractivity (Wildman–Crippen MR) is 80.6 cm³/mol. The molecule has 1 fully saturated rings. The number of amides is 1. The summed E-state index contributed by atoms with van der Waals surface area (Å²) in [5, 5.41) is 11.8. The molecule has 3 aromatic heterocycles. The van der Waals surface area contributed by atoms with Gasteiger partial charge in [0, 0.05) is 29.4 Å². The quantitative estimate of drug-likeness (QED) is 0.745. The van der Waals surface area contributed by atoms with E-state index in [9.17, 15) is 4.79 Å². The molecule has 0 N–H and O–H groups in total. The standard InChI is InChI=1S/C14H11N3O2S2/c18-14(10-2-4-21-8-10)17-5-11(6-17)13-15-12(16-19-13)9-1-3-20-7-9/h1-4,7-8,11H,5-6H2. The van der Waals surface area contributed by atoms with Gasteiger partial charge in [0.05, 0.1) is 11.5 Å². The Morgan fingerprint density at radius 1 is 1.24 bits per heavy atom. The van der Waals surface area contributed by atoms with E-state index in [4.69, 9.17) is 4.52 Å². The molecule has 1 aliphatic rings. The molecule has 1 saturated heterocycles. The summed E-state index contributed by atoms with van der Waals surface area (Å²) < 4.78 is 5.32. The minimum Gasteiger partial charge on any atom is -0.339 e. The van der Waals surface area contributed by atoms with E-state index < -0.39 is 0 Å². The number of aromatic nitrogens is 2. The lowest BCUT2D eigenvalue weighted by Gasteiger charge is -2.36. The number of carbonyl (C=O) groups excluding carboxylic acids is 1. The van der Waals surface area contributed by atoms with Crippen LogP contribution in [0.2, 0.25) is 0 Å². The van der Waals surface area contributed by atoms with Gasteiger partial charge in [0.2, 0.25) is 11.7 Å². The molecular weight excluding hydrogens is 306 g/mol. The largest absolute Gasteiger partial charge is 0.339 e. The van der Waals surface area contributed by atoms with Gasteiger partial charge >= 0.3 is 0 Å². The van der Waals surface area contributed by atoms with Crippen molar-refractivity contribution in [2.75, 3.05) is 13.1 Å². The number of hydrogen-bond acceptors (Lipinski definition) is 6. The first-order chi connectivity index (χ1) is 10.3. The predicted octanol–water partition coefficient (Wildman–Crippen LogP) is 3.10. The Morgan fingerprint density at radius 3 is 2.76 bits per heavy atom. The van der Waals surface area contributed by atoms with Crippen LogP contribution in [-0.2, 0) is 0 Å². The van der Waals surface area contributed by atoms with Crippen LogP contribution in [0.4, 0.5) is 0 Å². The van der Waals surface area contributed by atoms with Gasteiger partial charge in [-0.05, 0) is 22.9 Å². The van der Waals surface area contributed by atoms with Crippen molar-refractivity contribution < 1.29 is 9.32 Å². The van der Waals surface area contributed by atoms with Crippen LogP contribution >= 0.6 is 22.7 Å². The molecule has 0 radical (unpaired) electrons. The zero-order valence-electron chi connectivity index (χ0n) is 10.9. The Labute approximate surface area is 128 Å². The molecule has 106 valence electrons. The average Bonchev–Trinajstić information content (AvgIpc) is 3.19. The molecular formula is C14H11N3O2S2. The molecule has 0 aliphatic carbocycles. The number of carbonyl (C=O) groups is 1. The van der Waals surface area contributed by atoms with E-state index in [0.29, 0.717) is 24.8 Å². The first-order valence-corrected chi connectivity index (χ1v) is 8.37. The number of hydrogen-bond donors (Lipinski definition) is 0. The van der Waals surface area contributed by atoms with Gasteiger partial charge < -0.3 is 9.42 Å². The molecule has 0 saturated carbocycles. The molecule has 0 aromatic carbocycles. The average molecular weight is 317 g/mol. The molecule has 0 atom stereocenters. The van der Waals surface area contributed by atoms with Crippen LogP contribution in [0, 0.1) is 0 Å². The van der Waals surface area contributed by atoms with E-state index in [-0.39, 0.29) is 11.8 Å². The van der Waals surface area contributed by atoms with E-state index in [0.717, 1.165) is 11.1 Å². The van der Waals surface area contributed by atoms with Crippen LogP contribution in [0.3, 0.4) is 0 Å². The molecule has 0 bridgehead atoms. The zero-order valence-corrected chi connectivity index (χ0v) is 12.6. The molecule has 7 heteroatoms. The molecule has 3 aromatic rings. The van der Waals surface area contributed by atoms with Crippen LogP contribution < -0.4 is 0 Å². The Kier molecular flexibility index (Phi) is 3.08. The maximum atomic E-state index is 12.1. The smallest absolute Gasteiger partial charge is 0.254 e. The molecule has 0 spiro atoms. The Morgan fingerprint density at radius 2 is 2.05 bits per heavy atom. The van der Waals surface area contributed by atoms with Crippen molar-refractivity contribution in [3.05, 3.63) is 45.1 Å². The fraction of sp³-hybridized carbons (Fsp3) is 0.214. The van der Waals surface area contributed by atoms with Crippen molar-refractivity contribution in [1.82, 2.24) is 15.0 Å². The summed E-state index contributed by atoms with van der Waals surface area (Å²) in [6.45, 7) is 1.28. The normalized spacial score (nSPS) is 15.1. The second-order valence-corrected chi connectivity index (χ2v) is 6.45. The van der Waals surface area contributed by atoms with Crippen LogP contribution in [0.25, 0.3) is 11.4 Å². The highest BCUT2D eigenvalue weighted by atomic mass is 32.1. The van der Waals surface area contributed by atoms with Gasteiger partial charge in [-0.25, -0.2) is 0 Å². The van der Waals surface area contributed by atoms with Gasteiger partial charge in [-0.1, -0.05) is 5.16 Å². The summed E-state index contributed by atoms with van der Waals surface area (Å²) in [7, 11) is 0. The molecule has 4 rings (SSSR count). The Hall–Kier alpha value is -1.99. The van der Waals surface area contributed by atoms with E-state index in [1.54, 1.807) is 16.2 Å². The maximum absolute atomic E-state index is 12.1.